The van der Waals surface area contributed by atoms with E-state index in [1.807, 2.05) is 18.7 Å². The molecule has 1 unspecified atom stereocenters. The Hall–Kier alpha value is -1.30. The molecule has 1 atom stereocenters. The largest absolute Gasteiger partial charge is 0.353 e. The first kappa shape index (κ1) is 20.0. The van der Waals surface area contributed by atoms with Gasteiger partial charge in [-0.1, -0.05) is 36.2 Å². The lowest BCUT2D eigenvalue weighted by Gasteiger charge is -2.34. The molecule has 1 fully saturated rings. The van der Waals surface area contributed by atoms with E-state index in [-0.39, 0.29) is 24.3 Å². The monoisotopic (exact) mass is 385 g/mol. The number of nitrogens with one attached hydrogen (secondary N) is 1. The van der Waals surface area contributed by atoms with Crippen LogP contribution in [0, 0.1) is 0 Å². The van der Waals surface area contributed by atoms with Crippen LogP contribution in [0.15, 0.2) is 18.2 Å². The molecule has 2 rings (SSSR count). The lowest BCUT2D eigenvalue weighted by Crippen LogP contribution is -2.52. The van der Waals surface area contributed by atoms with Crippen molar-refractivity contribution in [1.82, 2.24) is 15.1 Å². The van der Waals surface area contributed by atoms with Gasteiger partial charge in [0.1, 0.15) is 0 Å². The molecule has 1 aromatic rings. The van der Waals surface area contributed by atoms with Crippen molar-refractivity contribution in [2.24, 2.45) is 0 Å². The molecular formula is C18H25Cl2N3O2. The van der Waals surface area contributed by atoms with E-state index < -0.39 is 0 Å². The van der Waals surface area contributed by atoms with Gasteiger partial charge in [0.05, 0.1) is 13.0 Å². The number of piperazine rings is 1. The number of hydrogen-bond acceptors (Lipinski definition) is 3. The van der Waals surface area contributed by atoms with E-state index in [9.17, 15) is 9.59 Å². The van der Waals surface area contributed by atoms with Crippen molar-refractivity contribution in [3.8, 4) is 0 Å². The van der Waals surface area contributed by atoms with Gasteiger partial charge >= 0.3 is 0 Å². The van der Waals surface area contributed by atoms with E-state index in [1.54, 1.807) is 18.2 Å². The Bertz CT molecular complexity index is 596. The van der Waals surface area contributed by atoms with Crippen LogP contribution in [0.5, 0.6) is 0 Å². The third-order valence-electron chi connectivity index (χ3n) is 4.50. The van der Waals surface area contributed by atoms with Gasteiger partial charge in [-0.2, -0.15) is 0 Å². The van der Waals surface area contributed by atoms with Gasteiger partial charge in [0.25, 0.3) is 0 Å². The number of benzene rings is 1. The second kappa shape index (κ2) is 9.41. The first-order valence-electron chi connectivity index (χ1n) is 8.63. The van der Waals surface area contributed by atoms with E-state index in [4.69, 9.17) is 23.2 Å². The zero-order valence-corrected chi connectivity index (χ0v) is 16.2. The highest BCUT2D eigenvalue weighted by atomic mass is 35.5. The minimum Gasteiger partial charge on any atom is -0.353 e. The zero-order valence-electron chi connectivity index (χ0n) is 14.7. The predicted molar refractivity (Wildman–Crippen MR) is 101 cm³/mol. The normalized spacial score (nSPS) is 16.6. The maximum absolute atomic E-state index is 12.5. The minimum atomic E-state index is 0.0127. The summed E-state index contributed by atoms with van der Waals surface area (Å²) in [6, 6.07) is 5.44. The van der Waals surface area contributed by atoms with Gasteiger partial charge in [-0.3, -0.25) is 14.5 Å². The Morgan fingerprint density at radius 2 is 1.76 bits per heavy atom. The van der Waals surface area contributed by atoms with Crippen molar-refractivity contribution >= 4 is 35.0 Å². The first-order chi connectivity index (χ1) is 11.9. The molecule has 0 bridgehead atoms. The second-order valence-corrected chi connectivity index (χ2v) is 7.23. The van der Waals surface area contributed by atoms with Gasteiger partial charge in [-0.25, -0.2) is 0 Å². The molecule has 1 N–H and O–H groups in total. The van der Waals surface area contributed by atoms with Crippen LogP contribution in [-0.2, 0) is 16.0 Å². The standard InChI is InChI=1S/C18H25Cl2N3O2/c1-3-13(2)21-17(24)12-22-7-9-23(10-8-22)18(25)11-14-15(19)5-4-6-16(14)20/h4-6,13H,3,7-12H2,1-2H3,(H,21,24). The number of carbonyl (C=O) groups is 2. The van der Waals surface area contributed by atoms with Gasteiger partial charge in [0.15, 0.2) is 0 Å². The van der Waals surface area contributed by atoms with Crippen LogP contribution < -0.4 is 5.32 Å². The number of nitrogens with zero attached hydrogens (tertiary/aromatic N) is 2. The minimum absolute atomic E-state index is 0.0127. The van der Waals surface area contributed by atoms with Gasteiger partial charge in [-0.05, 0) is 31.0 Å². The van der Waals surface area contributed by atoms with Crippen LogP contribution in [0.1, 0.15) is 25.8 Å². The summed E-state index contributed by atoms with van der Waals surface area (Å²) in [5.74, 6) is 0.0516. The van der Waals surface area contributed by atoms with Crippen LogP contribution in [-0.4, -0.2) is 60.4 Å². The third-order valence-corrected chi connectivity index (χ3v) is 5.21. The molecule has 2 amide bonds. The predicted octanol–water partition coefficient (Wildman–Crippen LogP) is 2.59. The molecule has 1 aliphatic heterocycles. The Labute approximate surface area is 159 Å². The maximum atomic E-state index is 12.5. The van der Waals surface area contributed by atoms with E-state index in [1.165, 1.54) is 0 Å². The topological polar surface area (TPSA) is 52.7 Å². The summed E-state index contributed by atoms with van der Waals surface area (Å²) in [6.45, 7) is 7.01. The molecular weight excluding hydrogens is 361 g/mol. The molecule has 1 heterocycles. The first-order valence-corrected chi connectivity index (χ1v) is 9.38. The van der Waals surface area contributed by atoms with Crippen molar-refractivity contribution in [2.45, 2.75) is 32.7 Å². The summed E-state index contributed by atoms with van der Waals surface area (Å²) < 4.78 is 0. The summed E-state index contributed by atoms with van der Waals surface area (Å²) in [5, 5.41) is 4.00. The fourth-order valence-corrected chi connectivity index (χ4v) is 3.28. The summed E-state index contributed by atoms with van der Waals surface area (Å²) in [6.07, 6.45) is 1.12. The van der Waals surface area contributed by atoms with Gasteiger partial charge in [0.2, 0.25) is 11.8 Å². The molecule has 7 heteroatoms. The van der Waals surface area contributed by atoms with Gasteiger partial charge in [-0.15, -0.1) is 0 Å². The van der Waals surface area contributed by atoms with E-state index in [0.29, 0.717) is 48.3 Å². The van der Waals surface area contributed by atoms with Crippen LogP contribution in [0.3, 0.4) is 0 Å². The Kier molecular flexibility index (Phi) is 7.54. The highest BCUT2D eigenvalue weighted by Crippen LogP contribution is 2.25. The number of rotatable bonds is 6. The molecule has 0 aromatic heterocycles. The van der Waals surface area contributed by atoms with Crippen molar-refractivity contribution in [1.29, 1.82) is 0 Å². The van der Waals surface area contributed by atoms with E-state index >= 15 is 0 Å². The molecule has 0 radical (unpaired) electrons. The lowest BCUT2D eigenvalue weighted by molar-refractivity contribution is -0.132. The smallest absolute Gasteiger partial charge is 0.234 e. The van der Waals surface area contributed by atoms with Crippen LogP contribution in [0.4, 0.5) is 0 Å². The van der Waals surface area contributed by atoms with Gasteiger partial charge < -0.3 is 10.2 Å². The Balaban J connectivity index is 1.81. The molecule has 1 aromatic carbocycles. The summed E-state index contributed by atoms with van der Waals surface area (Å²) in [7, 11) is 0. The van der Waals surface area contributed by atoms with Crippen LogP contribution in [0.2, 0.25) is 10.0 Å². The number of hydrogen-bond donors (Lipinski definition) is 1. The fraction of sp³-hybridized carbons (Fsp3) is 0.556. The summed E-state index contributed by atoms with van der Waals surface area (Å²) in [4.78, 5) is 28.3. The van der Waals surface area contributed by atoms with E-state index in [0.717, 1.165) is 6.42 Å². The average Bonchev–Trinajstić information content (AvgIpc) is 2.58. The zero-order chi connectivity index (χ0) is 18.4. The Morgan fingerprint density at radius 1 is 1.16 bits per heavy atom. The highest BCUT2D eigenvalue weighted by molar-refractivity contribution is 6.36. The summed E-state index contributed by atoms with van der Waals surface area (Å²) >= 11 is 12.3. The maximum Gasteiger partial charge on any atom is 0.234 e. The second-order valence-electron chi connectivity index (χ2n) is 6.41. The number of carbonyl (C=O) groups excluding carboxylic acids is 2. The molecule has 1 aliphatic rings. The van der Waals surface area contributed by atoms with Crippen LogP contribution in [0.25, 0.3) is 0 Å². The third kappa shape index (κ3) is 5.87. The quantitative estimate of drug-likeness (QED) is 0.818. The molecule has 0 spiro atoms. The molecule has 138 valence electrons. The van der Waals surface area contributed by atoms with E-state index in [2.05, 4.69) is 10.2 Å². The van der Waals surface area contributed by atoms with Crippen LogP contribution >= 0.6 is 23.2 Å². The molecule has 5 nitrogen and oxygen atoms in total. The summed E-state index contributed by atoms with van der Waals surface area (Å²) in [5.41, 5.74) is 0.672. The lowest BCUT2D eigenvalue weighted by atomic mass is 10.1. The SMILES string of the molecule is CCC(C)NC(=O)CN1CCN(C(=O)Cc2c(Cl)cccc2Cl)CC1. The molecule has 1 saturated heterocycles. The van der Waals surface area contributed by atoms with Crippen molar-refractivity contribution < 1.29 is 9.59 Å². The fourth-order valence-electron chi connectivity index (χ4n) is 2.75. The van der Waals surface area contributed by atoms with Crippen molar-refractivity contribution in [3.05, 3.63) is 33.8 Å². The molecule has 0 aliphatic carbocycles. The Morgan fingerprint density at radius 3 is 2.32 bits per heavy atom. The van der Waals surface area contributed by atoms with Crippen molar-refractivity contribution in [2.75, 3.05) is 32.7 Å². The average molecular weight is 386 g/mol. The number of halogens is 2. The van der Waals surface area contributed by atoms with Crippen molar-refractivity contribution in [3.63, 3.8) is 0 Å². The van der Waals surface area contributed by atoms with Gasteiger partial charge in [0, 0.05) is 42.3 Å². The molecule has 0 saturated carbocycles. The molecule has 25 heavy (non-hydrogen) atoms. The highest BCUT2D eigenvalue weighted by Gasteiger charge is 2.23. The number of amides is 2.